The lowest BCUT2D eigenvalue weighted by molar-refractivity contribution is 0.415. The van der Waals surface area contributed by atoms with E-state index in [9.17, 15) is 0 Å². The molecule has 5 heteroatoms. The molecule has 0 aliphatic rings. The molecule has 0 saturated heterocycles. The standard InChI is InChI=1S/C9H8ClN3O/c1-14-7-4-2-6(3-5-7)8-11-9(10)13-12-8/h2-5H,1H3,(H,11,12,13). The van der Waals surface area contributed by atoms with Crippen LogP contribution in [0.25, 0.3) is 11.4 Å². The van der Waals surface area contributed by atoms with Gasteiger partial charge in [0, 0.05) is 5.56 Å². The van der Waals surface area contributed by atoms with Crippen molar-refractivity contribution in [3.8, 4) is 17.1 Å². The van der Waals surface area contributed by atoms with Crippen LogP contribution < -0.4 is 4.74 Å². The zero-order valence-corrected chi connectivity index (χ0v) is 8.25. The van der Waals surface area contributed by atoms with Crippen LogP contribution in [0.1, 0.15) is 0 Å². The Morgan fingerprint density at radius 1 is 1.29 bits per heavy atom. The first kappa shape index (κ1) is 9.02. The minimum atomic E-state index is 0.288. The van der Waals surface area contributed by atoms with Crippen LogP contribution in [-0.2, 0) is 0 Å². The third-order valence-corrected chi connectivity index (χ3v) is 1.98. The number of hydrogen-bond donors (Lipinski definition) is 1. The number of H-pyrrole nitrogens is 1. The number of nitrogens with zero attached hydrogens (tertiary/aromatic N) is 2. The topological polar surface area (TPSA) is 50.8 Å². The molecule has 72 valence electrons. The van der Waals surface area contributed by atoms with Crippen molar-refractivity contribution in [3.05, 3.63) is 29.5 Å². The van der Waals surface area contributed by atoms with Gasteiger partial charge in [-0.3, -0.25) is 0 Å². The van der Waals surface area contributed by atoms with Gasteiger partial charge < -0.3 is 4.74 Å². The highest BCUT2D eigenvalue weighted by atomic mass is 35.5. The van der Waals surface area contributed by atoms with E-state index in [-0.39, 0.29) is 5.28 Å². The lowest BCUT2D eigenvalue weighted by atomic mass is 10.2. The molecule has 1 aromatic heterocycles. The summed E-state index contributed by atoms with van der Waals surface area (Å²) < 4.78 is 5.04. The molecule has 2 rings (SSSR count). The molecule has 4 nitrogen and oxygen atoms in total. The summed E-state index contributed by atoms with van der Waals surface area (Å²) in [6.07, 6.45) is 0. The number of rotatable bonds is 2. The molecule has 1 aromatic carbocycles. The van der Waals surface area contributed by atoms with E-state index in [0.717, 1.165) is 11.3 Å². The average Bonchev–Trinajstić information content (AvgIpc) is 2.65. The van der Waals surface area contributed by atoms with Crippen molar-refractivity contribution >= 4 is 11.6 Å². The molecule has 0 aliphatic heterocycles. The summed E-state index contributed by atoms with van der Waals surface area (Å²) in [6.45, 7) is 0. The SMILES string of the molecule is COc1ccc(-c2n[nH]c(Cl)n2)cc1. The number of benzene rings is 1. The molecule has 14 heavy (non-hydrogen) atoms. The lowest BCUT2D eigenvalue weighted by Gasteiger charge is -1.99. The monoisotopic (exact) mass is 209 g/mol. The summed E-state index contributed by atoms with van der Waals surface area (Å²) in [5.74, 6) is 1.38. The zero-order valence-electron chi connectivity index (χ0n) is 7.49. The highest BCUT2D eigenvalue weighted by Gasteiger charge is 2.03. The second-order valence-electron chi connectivity index (χ2n) is 2.68. The van der Waals surface area contributed by atoms with Crippen LogP contribution in [0.15, 0.2) is 24.3 Å². The number of hydrogen-bond acceptors (Lipinski definition) is 3. The molecule has 0 unspecified atom stereocenters. The molecule has 0 aliphatic carbocycles. The van der Waals surface area contributed by atoms with Gasteiger partial charge in [0.15, 0.2) is 5.82 Å². The van der Waals surface area contributed by atoms with Crippen LogP contribution in [0, 0.1) is 0 Å². The van der Waals surface area contributed by atoms with Gasteiger partial charge in [0.2, 0.25) is 5.28 Å². The van der Waals surface area contributed by atoms with Gasteiger partial charge in [-0.2, -0.15) is 10.1 Å². The van der Waals surface area contributed by atoms with Gasteiger partial charge in [0.25, 0.3) is 0 Å². The van der Waals surface area contributed by atoms with Gasteiger partial charge in [-0.05, 0) is 35.9 Å². The minimum Gasteiger partial charge on any atom is -0.497 e. The Morgan fingerprint density at radius 2 is 2.00 bits per heavy atom. The summed E-state index contributed by atoms with van der Waals surface area (Å²) in [5, 5.41) is 6.79. The van der Waals surface area contributed by atoms with E-state index in [1.165, 1.54) is 0 Å². The predicted octanol–water partition coefficient (Wildman–Crippen LogP) is 2.13. The van der Waals surface area contributed by atoms with E-state index in [1.807, 2.05) is 24.3 Å². The molecule has 0 spiro atoms. The fourth-order valence-electron chi connectivity index (χ4n) is 1.11. The van der Waals surface area contributed by atoms with E-state index in [4.69, 9.17) is 16.3 Å². The van der Waals surface area contributed by atoms with Crippen molar-refractivity contribution in [2.45, 2.75) is 0 Å². The Labute approximate surface area is 85.9 Å². The van der Waals surface area contributed by atoms with Crippen LogP contribution >= 0.6 is 11.6 Å². The number of nitrogens with one attached hydrogen (secondary N) is 1. The largest absolute Gasteiger partial charge is 0.497 e. The fraction of sp³-hybridized carbons (Fsp3) is 0.111. The average molecular weight is 210 g/mol. The lowest BCUT2D eigenvalue weighted by Crippen LogP contribution is -1.83. The second-order valence-corrected chi connectivity index (χ2v) is 3.04. The van der Waals surface area contributed by atoms with Crippen molar-refractivity contribution < 1.29 is 4.74 Å². The van der Waals surface area contributed by atoms with Crippen LogP contribution in [0.4, 0.5) is 0 Å². The Hall–Kier alpha value is -1.55. The number of aromatic amines is 1. The smallest absolute Gasteiger partial charge is 0.218 e. The maximum Gasteiger partial charge on any atom is 0.218 e. The van der Waals surface area contributed by atoms with E-state index >= 15 is 0 Å². The number of aromatic nitrogens is 3. The van der Waals surface area contributed by atoms with Gasteiger partial charge in [-0.1, -0.05) is 0 Å². The van der Waals surface area contributed by atoms with E-state index < -0.39 is 0 Å². The molecule has 0 radical (unpaired) electrons. The van der Waals surface area contributed by atoms with Crippen LogP contribution in [-0.4, -0.2) is 22.3 Å². The van der Waals surface area contributed by atoms with Crippen molar-refractivity contribution in [1.82, 2.24) is 15.2 Å². The van der Waals surface area contributed by atoms with Crippen LogP contribution in [0.2, 0.25) is 5.28 Å². The molecular weight excluding hydrogens is 202 g/mol. The highest BCUT2D eigenvalue weighted by molar-refractivity contribution is 6.28. The molecule has 0 saturated carbocycles. The van der Waals surface area contributed by atoms with Gasteiger partial charge in [0.05, 0.1) is 7.11 Å². The number of ether oxygens (including phenoxy) is 1. The quantitative estimate of drug-likeness (QED) is 0.825. The zero-order chi connectivity index (χ0) is 9.97. The third kappa shape index (κ3) is 1.70. The Balaban J connectivity index is 2.33. The van der Waals surface area contributed by atoms with E-state index in [0.29, 0.717) is 5.82 Å². The first-order valence-corrected chi connectivity index (χ1v) is 4.40. The number of methoxy groups -OCH3 is 1. The first-order chi connectivity index (χ1) is 6.79. The van der Waals surface area contributed by atoms with Crippen molar-refractivity contribution in [1.29, 1.82) is 0 Å². The molecule has 1 N–H and O–H groups in total. The summed E-state index contributed by atoms with van der Waals surface area (Å²) in [5.41, 5.74) is 0.897. The normalized spacial score (nSPS) is 10.1. The van der Waals surface area contributed by atoms with Gasteiger partial charge in [-0.25, -0.2) is 5.10 Å². The van der Waals surface area contributed by atoms with E-state index in [1.54, 1.807) is 7.11 Å². The predicted molar refractivity (Wildman–Crippen MR) is 53.4 cm³/mol. The molecule has 2 aromatic rings. The summed E-state index contributed by atoms with van der Waals surface area (Å²) >= 11 is 5.61. The van der Waals surface area contributed by atoms with Crippen molar-refractivity contribution in [2.24, 2.45) is 0 Å². The summed E-state index contributed by atoms with van der Waals surface area (Å²) in [4.78, 5) is 3.99. The van der Waals surface area contributed by atoms with Gasteiger partial charge in [-0.15, -0.1) is 0 Å². The molecule has 0 fully saturated rings. The Kier molecular flexibility index (Phi) is 2.37. The van der Waals surface area contributed by atoms with Crippen molar-refractivity contribution in [2.75, 3.05) is 7.11 Å². The second kappa shape index (κ2) is 3.67. The van der Waals surface area contributed by atoms with Crippen LogP contribution in [0.5, 0.6) is 5.75 Å². The number of halogens is 1. The van der Waals surface area contributed by atoms with Gasteiger partial charge >= 0.3 is 0 Å². The third-order valence-electron chi connectivity index (χ3n) is 1.81. The fourth-order valence-corrected chi connectivity index (χ4v) is 1.23. The summed E-state index contributed by atoms with van der Waals surface area (Å²) in [6, 6.07) is 7.44. The minimum absolute atomic E-state index is 0.288. The molecule has 1 heterocycles. The van der Waals surface area contributed by atoms with Crippen LogP contribution in [0.3, 0.4) is 0 Å². The molecule has 0 bridgehead atoms. The van der Waals surface area contributed by atoms with E-state index in [2.05, 4.69) is 15.2 Å². The van der Waals surface area contributed by atoms with Gasteiger partial charge in [0.1, 0.15) is 5.75 Å². The molecule has 0 atom stereocenters. The maximum atomic E-state index is 5.61. The summed E-state index contributed by atoms with van der Waals surface area (Å²) in [7, 11) is 1.62. The highest BCUT2D eigenvalue weighted by Crippen LogP contribution is 2.19. The Morgan fingerprint density at radius 3 is 2.50 bits per heavy atom. The molecule has 0 amide bonds. The molecular formula is C9H8ClN3O. The maximum absolute atomic E-state index is 5.61. The van der Waals surface area contributed by atoms with Crippen molar-refractivity contribution in [3.63, 3.8) is 0 Å². The Bertz CT molecular complexity index is 424. The first-order valence-electron chi connectivity index (χ1n) is 4.02.